The van der Waals surface area contributed by atoms with Crippen molar-refractivity contribution in [2.24, 2.45) is 0 Å². The second-order valence-corrected chi connectivity index (χ2v) is 7.41. The second-order valence-electron chi connectivity index (χ2n) is 7.41. The second kappa shape index (κ2) is 19.1. The van der Waals surface area contributed by atoms with Crippen molar-refractivity contribution in [2.45, 2.75) is 123 Å². The number of hydrogen-bond acceptors (Lipinski definition) is 4. The van der Waals surface area contributed by atoms with Crippen LogP contribution in [0.2, 0.25) is 0 Å². The Kier molecular flexibility index (Phi) is 18.6. The fraction of sp³-hybridized carbons (Fsp3) is 0.952. The zero-order valence-corrected chi connectivity index (χ0v) is 17.3. The minimum Gasteiger partial charge on any atom is -0.367 e. The summed E-state index contributed by atoms with van der Waals surface area (Å²) in [5, 5.41) is 23.5. The van der Waals surface area contributed by atoms with Gasteiger partial charge in [0, 0.05) is 13.0 Å². The van der Waals surface area contributed by atoms with Gasteiger partial charge in [0.15, 0.2) is 6.29 Å². The van der Waals surface area contributed by atoms with E-state index >= 15 is 0 Å². The van der Waals surface area contributed by atoms with E-state index in [-0.39, 0.29) is 18.6 Å². The van der Waals surface area contributed by atoms with E-state index in [1.54, 1.807) is 0 Å². The van der Waals surface area contributed by atoms with Crippen molar-refractivity contribution < 1.29 is 15.0 Å². The lowest BCUT2D eigenvalue weighted by Gasteiger charge is -2.19. The number of aliphatic hydroxyl groups excluding tert-OH is 1. The van der Waals surface area contributed by atoms with Crippen LogP contribution in [-0.4, -0.2) is 35.1 Å². The van der Waals surface area contributed by atoms with E-state index in [9.17, 15) is 4.79 Å². The first-order valence-electron chi connectivity index (χ1n) is 11.0. The van der Waals surface area contributed by atoms with Crippen LogP contribution >= 0.6 is 0 Å². The number of hydrogen-bond donors (Lipinski definition) is 4. The van der Waals surface area contributed by atoms with Gasteiger partial charge in [-0.15, -0.1) is 0 Å². The molecule has 0 aliphatic rings. The topological polar surface area (TPSA) is 81.6 Å². The number of nitrogens with one attached hydrogen (secondary N) is 2. The molecule has 0 aromatic rings. The molecule has 1 atom stereocenters. The van der Waals surface area contributed by atoms with Gasteiger partial charge in [-0.05, 0) is 12.8 Å². The molecule has 5 heteroatoms. The summed E-state index contributed by atoms with van der Waals surface area (Å²) in [4.78, 5) is 11.9. The molecule has 5 nitrogen and oxygen atoms in total. The van der Waals surface area contributed by atoms with Crippen LogP contribution in [0.4, 0.5) is 0 Å². The summed E-state index contributed by atoms with van der Waals surface area (Å²) < 4.78 is 0. The Morgan fingerprint density at radius 3 is 1.65 bits per heavy atom. The first kappa shape index (κ1) is 25.4. The molecule has 0 aromatic carbocycles. The van der Waals surface area contributed by atoms with Crippen LogP contribution in [0.15, 0.2) is 0 Å². The number of aliphatic hydroxyl groups is 2. The van der Waals surface area contributed by atoms with E-state index < -0.39 is 6.29 Å². The van der Waals surface area contributed by atoms with E-state index in [1.165, 1.54) is 70.6 Å². The number of carbonyl (C=O) groups is 1. The average molecular weight is 373 g/mol. The van der Waals surface area contributed by atoms with Gasteiger partial charge in [-0.25, -0.2) is 0 Å². The molecule has 156 valence electrons. The summed E-state index contributed by atoms with van der Waals surface area (Å²) in [6, 6.07) is 0. The summed E-state index contributed by atoms with van der Waals surface area (Å²) in [5.74, 6) is 0.0415. The minimum absolute atomic E-state index is 0.0415. The molecule has 0 saturated heterocycles. The largest absolute Gasteiger partial charge is 0.367 e. The molecule has 0 fully saturated rings. The fourth-order valence-electron chi connectivity index (χ4n) is 3.11. The van der Waals surface area contributed by atoms with Crippen LogP contribution in [0.3, 0.4) is 0 Å². The van der Waals surface area contributed by atoms with Crippen molar-refractivity contribution in [3.63, 3.8) is 0 Å². The van der Waals surface area contributed by atoms with Crippen molar-refractivity contribution in [1.29, 1.82) is 0 Å². The number of amides is 1. The number of carbonyl (C=O) groups excluding carboxylic acids is 1. The van der Waals surface area contributed by atoms with Gasteiger partial charge in [0.2, 0.25) is 5.91 Å². The maximum absolute atomic E-state index is 11.9. The van der Waals surface area contributed by atoms with E-state index in [2.05, 4.69) is 17.6 Å². The molecule has 0 saturated carbocycles. The van der Waals surface area contributed by atoms with Gasteiger partial charge in [-0.1, -0.05) is 90.9 Å². The summed E-state index contributed by atoms with van der Waals surface area (Å²) >= 11 is 0. The van der Waals surface area contributed by atoms with Crippen LogP contribution in [-0.2, 0) is 4.79 Å². The maximum atomic E-state index is 11.9. The third-order valence-corrected chi connectivity index (χ3v) is 4.80. The lowest BCUT2D eigenvalue weighted by molar-refractivity contribution is -0.122. The molecular weight excluding hydrogens is 328 g/mol. The quantitative estimate of drug-likeness (QED) is 0.202. The highest BCUT2D eigenvalue weighted by Gasteiger charge is 2.10. The smallest absolute Gasteiger partial charge is 0.221 e. The molecule has 0 bridgehead atoms. The molecule has 0 aliphatic carbocycles. The molecule has 0 heterocycles. The van der Waals surface area contributed by atoms with Gasteiger partial charge in [0.25, 0.3) is 0 Å². The standard InChI is InChI=1S/C21H44N2O3/c1-3-5-6-7-8-9-10-11-12-13-14-15-16-17-20(24)23-19(4-2)22-18-21(25)26/h19,21-22,25-26H,3-18H2,1-2H3,(H,23,24). The van der Waals surface area contributed by atoms with E-state index in [0.29, 0.717) is 6.42 Å². The van der Waals surface area contributed by atoms with Crippen molar-refractivity contribution in [2.75, 3.05) is 6.54 Å². The molecule has 26 heavy (non-hydrogen) atoms. The Morgan fingerprint density at radius 2 is 1.23 bits per heavy atom. The summed E-state index contributed by atoms with van der Waals surface area (Å²) in [6.07, 6.45) is 16.6. The molecule has 0 radical (unpaired) electrons. The van der Waals surface area contributed by atoms with Gasteiger partial charge < -0.3 is 15.5 Å². The molecule has 0 aromatic heterocycles. The minimum atomic E-state index is -1.39. The third kappa shape index (κ3) is 18.2. The Bertz CT molecular complexity index is 312. The summed E-state index contributed by atoms with van der Waals surface area (Å²) in [7, 11) is 0. The van der Waals surface area contributed by atoms with Crippen molar-refractivity contribution in [3.8, 4) is 0 Å². The SMILES string of the molecule is CCCCCCCCCCCCCCCC(=O)NC(CC)NCC(O)O. The highest BCUT2D eigenvalue weighted by molar-refractivity contribution is 5.76. The van der Waals surface area contributed by atoms with Gasteiger partial charge in [-0.2, -0.15) is 0 Å². The van der Waals surface area contributed by atoms with Gasteiger partial charge in [-0.3, -0.25) is 10.1 Å². The molecule has 1 unspecified atom stereocenters. The Labute approximate surface area is 161 Å². The average Bonchev–Trinajstić information content (AvgIpc) is 2.62. The Balaban J connectivity index is 3.37. The predicted molar refractivity (Wildman–Crippen MR) is 109 cm³/mol. The molecule has 0 aliphatic heterocycles. The van der Waals surface area contributed by atoms with Crippen LogP contribution in [0.25, 0.3) is 0 Å². The van der Waals surface area contributed by atoms with Crippen LogP contribution in [0, 0.1) is 0 Å². The first-order valence-corrected chi connectivity index (χ1v) is 11.0. The molecule has 0 rings (SSSR count). The van der Waals surface area contributed by atoms with Crippen molar-refractivity contribution in [1.82, 2.24) is 10.6 Å². The number of rotatable bonds is 19. The van der Waals surface area contributed by atoms with Gasteiger partial charge in [0.05, 0.1) is 6.17 Å². The number of unbranched alkanes of at least 4 members (excludes halogenated alkanes) is 12. The van der Waals surface area contributed by atoms with Crippen LogP contribution < -0.4 is 10.6 Å². The first-order chi connectivity index (χ1) is 12.6. The highest BCUT2D eigenvalue weighted by Crippen LogP contribution is 2.12. The van der Waals surface area contributed by atoms with Crippen molar-refractivity contribution >= 4 is 5.91 Å². The zero-order valence-electron chi connectivity index (χ0n) is 17.3. The molecule has 1 amide bonds. The molecular formula is C21H44N2O3. The molecule has 0 spiro atoms. The highest BCUT2D eigenvalue weighted by atomic mass is 16.5. The lowest BCUT2D eigenvalue weighted by Crippen LogP contribution is -2.47. The Morgan fingerprint density at radius 1 is 0.769 bits per heavy atom. The van der Waals surface area contributed by atoms with Gasteiger partial charge in [0.1, 0.15) is 0 Å². The normalized spacial score (nSPS) is 12.5. The third-order valence-electron chi connectivity index (χ3n) is 4.80. The van der Waals surface area contributed by atoms with E-state index in [1.807, 2.05) is 6.92 Å². The van der Waals surface area contributed by atoms with Crippen LogP contribution in [0.5, 0.6) is 0 Å². The van der Waals surface area contributed by atoms with Gasteiger partial charge >= 0.3 is 0 Å². The van der Waals surface area contributed by atoms with Crippen molar-refractivity contribution in [3.05, 3.63) is 0 Å². The van der Waals surface area contributed by atoms with E-state index in [0.717, 1.165) is 19.3 Å². The summed E-state index contributed by atoms with van der Waals surface area (Å²) in [6.45, 7) is 4.28. The zero-order chi connectivity index (χ0) is 19.5. The van der Waals surface area contributed by atoms with E-state index in [4.69, 9.17) is 10.2 Å². The monoisotopic (exact) mass is 372 g/mol. The van der Waals surface area contributed by atoms with Crippen LogP contribution in [0.1, 0.15) is 110 Å². The predicted octanol–water partition coefficient (Wildman–Crippen LogP) is 4.22. The summed E-state index contributed by atoms with van der Waals surface area (Å²) in [5.41, 5.74) is 0. The fourth-order valence-corrected chi connectivity index (χ4v) is 3.11. The molecule has 4 N–H and O–H groups in total. The maximum Gasteiger partial charge on any atom is 0.221 e. The lowest BCUT2D eigenvalue weighted by atomic mass is 10.0. The Hall–Kier alpha value is -0.650.